The minimum absolute atomic E-state index is 0.553. The van der Waals surface area contributed by atoms with Gasteiger partial charge in [-0.25, -0.2) is 19.9 Å². The van der Waals surface area contributed by atoms with E-state index in [1.165, 1.54) is 0 Å². The molecule has 1 aliphatic heterocycles. The maximum Gasteiger partial charge on any atom is 0.165 e. The van der Waals surface area contributed by atoms with Crippen LogP contribution in [0.4, 0.5) is 11.6 Å². The smallest absolute Gasteiger partial charge is 0.165 e. The molecule has 11 heteroatoms. The Kier molecular flexibility index (Phi) is 7.31. The largest absolute Gasteiger partial charge is 0.387 e. The Morgan fingerprint density at radius 3 is 2.82 bits per heavy atom. The van der Waals surface area contributed by atoms with Gasteiger partial charge in [-0.3, -0.25) is 4.98 Å². The number of fused-ring (bicyclic) bond motifs is 1. The number of anilines is 2. The van der Waals surface area contributed by atoms with E-state index in [9.17, 15) is 5.11 Å². The number of likely N-dealkylation sites (N-methyl/N-ethyl adjacent to an activating group) is 2. The SMILES string of the molecule is COCCn1cnc2c(N(C)CCN(C)CC3(O)CCCN(c4cnccn4)C3)ncnc21. The molecule has 1 unspecified atom stereocenters. The molecule has 0 radical (unpaired) electrons. The van der Waals surface area contributed by atoms with Crippen LogP contribution in [0.2, 0.25) is 0 Å². The van der Waals surface area contributed by atoms with E-state index in [0.717, 1.165) is 55.3 Å². The molecule has 33 heavy (non-hydrogen) atoms. The zero-order chi connectivity index (χ0) is 23.3. The summed E-state index contributed by atoms with van der Waals surface area (Å²) in [5, 5.41) is 11.3. The van der Waals surface area contributed by atoms with Crippen LogP contribution in [0.3, 0.4) is 0 Å². The lowest BCUT2D eigenvalue weighted by atomic mass is 9.92. The van der Waals surface area contributed by atoms with Crippen molar-refractivity contribution in [3.8, 4) is 0 Å². The number of nitrogens with zero attached hydrogens (tertiary/aromatic N) is 9. The number of aliphatic hydroxyl groups is 1. The van der Waals surface area contributed by atoms with Gasteiger partial charge in [0.2, 0.25) is 0 Å². The van der Waals surface area contributed by atoms with E-state index >= 15 is 0 Å². The summed E-state index contributed by atoms with van der Waals surface area (Å²) in [7, 11) is 5.73. The van der Waals surface area contributed by atoms with Crippen LogP contribution < -0.4 is 9.80 Å². The predicted molar refractivity (Wildman–Crippen MR) is 126 cm³/mol. The molecule has 0 aromatic carbocycles. The summed E-state index contributed by atoms with van der Waals surface area (Å²) >= 11 is 0. The summed E-state index contributed by atoms with van der Waals surface area (Å²) in [6, 6.07) is 0. The van der Waals surface area contributed by atoms with E-state index in [4.69, 9.17) is 4.74 Å². The minimum Gasteiger partial charge on any atom is -0.387 e. The van der Waals surface area contributed by atoms with Crippen LogP contribution >= 0.6 is 0 Å². The van der Waals surface area contributed by atoms with Gasteiger partial charge in [-0.1, -0.05) is 0 Å². The molecule has 4 heterocycles. The molecule has 0 saturated carbocycles. The van der Waals surface area contributed by atoms with E-state index in [-0.39, 0.29) is 0 Å². The van der Waals surface area contributed by atoms with Gasteiger partial charge in [-0.05, 0) is 19.9 Å². The fourth-order valence-corrected chi connectivity index (χ4v) is 4.40. The van der Waals surface area contributed by atoms with Gasteiger partial charge in [-0.2, -0.15) is 0 Å². The Hall–Kier alpha value is -2.89. The van der Waals surface area contributed by atoms with Crippen molar-refractivity contribution in [3.05, 3.63) is 31.2 Å². The first-order valence-electron chi connectivity index (χ1n) is 11.3. The highest BCUT2D eigenvalue weighted by Crippen LogP contribution is 2.25. The zero-order valence-electron chi connectivity index (χ0n) is 19.6. The Morgan fingerprint density at radius 1 is 1.15 bits per heavy atom. The van der Waals surface area contributed by atoms with Crippen LogP contribution in [0.5, 0.6) is 0 Å². The lowest BCUT2D eigenvalue weighted by Crippen LogP contribution is -2.54. The van der Waals surface area contributed by atoms with Gasteiger partial charge in [0.05, 0.1) is 24.7 Å². The minimum atomic E-state index is -0.786. The van der Waals surface area contributed by atoms with Crippen molar-refractivity contribution < 1.29 is 9.84 Å². The molecule has 3 aromatic heterocycles. The number of hydrogen-bond donors (Lipinski definition) is 1. The summed E-state index contributed by atoms with van der Waals surface area (Å²) < 4.78 is 7.15. The third kappa shape index (κ3) is 5.55. The Balaban J connectivity index is 1.35. The molecule has 4 rings (SSSR count). The fraction of sp³-hybridized carbons (Fsp3) is 0.591. The van der Waals surface area contributed by atoms with Crippen molar-refractivity contribution in [2.75, 3.05) is 70.3 Å². The van der Waals surface area contributed by atoms with Crippen molar-refractivity contribution in [1.29, 1.82) is 0 Å². The maximum absolute atomic E-state index is 11.3. The lowest BCUT2D eigenvalue weighted by molar-refractivity contribution is -0.00118. The number of piperidine rings is 1. The maximum atomic E-state index is 11.3. The number of rotatable bonds is 10. The molecular formula is C22H33N9O2. The Morgan fingerprint density at radius 2 is 2.03 bits per heavy atom. The Bertz CT molecular complexity index is 1030. The highest BCUT2D eigenvalue weighted by atomic mass is 16.5. The summed E-state index contributed by atoms with van der Waals surface area (Å²) in [6.45, 7) is 4.84. The quantitative estimate of drug-likeness (QED) is 0.468. The molecule has 1 N–H and O–H groups in total. The van der Waals surface area contributed by atoms with Crippen LogP contribution in [0.25, 0.3) is 11.2 Å². The van der Waals surface area contributed by atoms with E-state index in [1.54, 1.807) is 38.4 Å². The molecule has 1 fully saturated rings. The molecule has 0 aliphatic carbocycles. The van der Waals surface area contributed by atoms with E-state index in [2.05, 4.69) is 39.6 Å². The van der Waals surface area contributed by atoms with E-state index < -0.39 is 5.60 Å². The third-order valence-corrected chi connectivity index (χ3v) is 6.09. The van der Waals surface area contributed by atoms with Crippen molar-refractivity contribution in [2.24, 2.45) is 0 Å². The van der Waals surface area contributed by atoms with E-state index in [1.807, 2.05) is 18.7 Å². The second-order valence-electron chi connectivity index (χ2n) is 8.77. The average Bonchev–Trinajstić information content (AvgIpc) is 3.24. The highest BCUT2D eigenvalue weighted by molar-refractivity contribution is 5.83. The molecule has 1 aliphatic rings. The summed E-state index contributed by atoms with van der Waals surface area (Å²) in [6.07, 6.45) is 10.2. The number of methoxy groups -OCH3 is 1. The van der Waals surface area contributed by atoms with Gasteiger partial charge < -0.3 is 29.1 Å². The number of hydrogen-bond acceptors (Lipinski definition) is 10. The van der Waals surface area contributed by atoms with Gasteiger partial charge in [0.25, 0.3) is 0 Å². The van der Waals surface area contributed by atoms with Crippen molar-refractivity contribution >= 4 is 22.8 Å². The fourth-order valence-electron chi connectivity index (χ4n) is 4.40. The first-order valence-corrected chi connectivity index (χ1v) is 11.3. The normalized spacial score (nSPS) is 18.9. The molecular weight excluding hydrogens is 422 g/mol. The topological polar surface area (TPSA) is 109 Å². The standard InChI is InChI=1S/C22H33N9O2/c1-28(14-22(32)5-4-8-30(15-22)18-13-23-6-7-24-18)9-10-29(2)20-19-21(26-16-25-20)31(17-27-19)11-12-33-3/h6-7,13,16-17,32H,4-5,8-12,14-15H2,1-3H3. The molecule has 1 atom stereocenters. The van der Waals surface area contributed by atoms with Gasteiger partial charge in [-0.15, -0.1) is 0 Å². The molecule has 1 saturated heterocycles. The molecule has 0 amide bonds. The lowest BCUT2D eigenvalue weighted by Gasteiger charge is -2.41. The number of imidazole rings is 1. The van der Waals surface area contributed by atoms with Crippen molar-refractivity contribution in [3.63, 3.8) is 0 Å². The van der Waals surface area contributed by atoms with Crippen LogP contribution in [0.15, 0.2) is 31.2 Å². The van der Waals surface area contributed by atoms with Crippen LogP contribution in [-0.2, 0) is 11.3 Å². The highest BCUT2D eigenvalue weighted by Gasteiger charge is 2.35. The predicted octanol–water partition coefficient (Wildman–Crippen LogP) is 0.662. The number of β-amino-alcohol motifs (C(OH)–C–C–N with tert-alkyl or cyclic N) is 1. The molecule has 0 bridgehead atoms. The summed E-state index contributed by atoms with van der Waals surface area (Å²) in [5.41, 5.74) is 0.799. The van der Waals surface area contributed by atoms with Crippen LogP contribution in [-0.4, -0.2) is 106 Å². The van der Waals surface area contributed by atoms with E-state index in [0.29, 0.717) is 26.2 Å². The molecule has 0 spiro atoms. The zero-order valence-corrected chi connectivity index (χ0v) is 19.6. The van der Waals surface area contributed by atoms with Crippen LogP contribution in [0, 0.1) is 0 Å². The Labute approximate surface area is 194 Å². The molecule has 11 nitrogen and oxygen atoms in total. The average molecular weight is 456 g/mol. The summed E-state index contributed by atoms with van der Waals surface area (Å²) in [4.78, 5) is 28.3. The summed E-state index contributed by atoms with van der Waals surface area (Å²) in [5.74, 6) is 1.62. The van der Waals surface area contributed by atoms with Crippen LogP contribution in [0.1, 0.15) is 12.8 Å². The monoisotopic (exact) mass is 455 g/mol. The second kappa shape index (κ2) is 10.4. The van der Waals surface area contributed by atoms with Gasteiger partial charge in [0.15, 0.2) is 17.0 Å². The number of aromatic nitrogens is 6. The first-order chi connectivity index (χ1) is 16.0. The first kappa shape index (κ1) is 23.3. The van der Waals surface area contributed by atoms with Gasteiger partial charge >= 0.3 is 0 Å². The second-order valence-corrected chi connectivity index (χ2v) is 8.77. The van der Waals surface area contributed by atoms with Gasteiger partial charge in [0, 0.05) is 65.8 Å². The third-order valence-electron chi connectivity index (χ3n) is 6.09. The van der Waals surface area contributed by atoms with Crippen molar-refractivity contribution in [2.45, 2.75) is 25.0 Å². The van der Waals surface area contributed by atoms with Gasteiger partial charge in [0.1, 0.15) is 12.1 Å². The molecule has 178 valence electrons. The number of ether oxygens (including phenoxy) is 1. The van der Waals surface area contributed by atoms with Crippen molar-refractivity contribution in [1.82, 2.24) is 34.4 Å². The molecule has 3 aromatic rings.